The second-order valence-electron chi connectivity index (χ2n) is 3.07. The normalized spacial score (nSPS) is 14.3. The van der Waals surface area contributed by atoms with Crippen LogP contribution in [-0.2, 0) is 6.42 Å². The summed E-state index contributed by atoms with van der Waals surface area (Å²) in [6.07, 6.45) is 4.04. The van der Waals surface area contributed by atoms with Gasteiger partial charge in [0.2, 0.25) is 0 Å². The second-order valence-corrected chi connectivity index (χ2v) is 3.99. The molecule has 1 nitrogen and oxygen atoms in total. The van der Waals surface area contributed by atoms with Crippen molar-refractivity contribution in [3.05, 3.63) is 39.9 Å². The van der Waals surface area contributed by atoms with Gasteiger partial charge >= 0.3 is 0 Å². The minimum Gasteiger partial charge on any atom is -0.192 e. The van der Waals surface area contributed by atoms with Crippen molar-refractivity contribution in [1.29, 1.82) is 5.26 Å². The molecular weight excluding hydrogens is 226 g/mol. The van der Waals surface area contributed by atoms with Crippen molar-refractivity contribution in [2.45, 2.75) is 12.8 Å². The summed E-state index contributed by atoms with van der Waals surface area (Å²) in [5.74, 6) is 0. The van der Waals surface area contributed by atoms with Gasteiger partial charge in [-0.2, -0.15) is 5.26 Å². The number of rotatable bonds is 0. The molecule has 1 aliphatic rings. The Morgan fingerprint density at radius 1 is 1.38 bits per heavy atom. The fraction of sp³-hybridized carbons (Fsp3) is 0.182. The van der Waals surface area contributed by atoms with E-state index in [9.17, 15) is 0 Å². The maximum Gasteiger partial charge on any atom is 0.0994 e. The van der Waals surface area contributed by atoms with E-state index in [0.717, 1.165) is 28.5 Å². The van der Waals surface area contributed by atoms with Crippen molar-refractivity contribution >= 4 is 21.5 Å². The summed E-state index contributed by atoms with van der Waals surface area (Å²) in [6.45, 7) is 0. The number of fused-ring (bicyclic) bond motifs is 1. The molecule has 0 saturated carbocycles. The van der Waals surface area contributed by atoms with Gasteiger partial charge in [-0.05, 0) is 36.1 Å². The Labute approximate surface area is 85.8 Å². The Balaban J connectivity index is 2.59. The van der Waals surface area contributed by atoms with Crippen LogP contribution < -0.4 is 0 Å². The lowest BCUT2D eigenvalue weighted by atomic mass is 9.92. The van der Waals surface area contributed by atoms with E-state index in [1.165, 1.54) is 5.56 Å². The van der Waals surface area contributed by atoms with Gasteiger partial charge in [-0.1, -0.05) is 28.1 Å². The number of allylic oxidation sites excluding steroid dienone is 2. The van der Waals surface area contributed by atoms with Crippen LogP contribution in [0.1, 0.15) is 17.5 Å². The van der Waals surface area contributed by atoms with Crippen LogP contribution in [0.3, 0.4) is 0 Å². The van der Waals surface area contributed by atoms with Crippen molar-refractivity contribution in [1.82, 2.24) is 0 Å². The zero-order valence-corrected chi connectivity index (χ0v) is 8.63. The minimum absolute atomic E-state index is 0.808. The van der Waals surface area contributed by atoms with E-state index in [4.69, 9.17) is 5.26 Å². The SMILES string of the molecule is N#CC1=CCCc2ccc(Br)cc21. The van der Waals surface area contributed by atoms with E-state index in [-0.39, 0.29) is 0 Å². The summed E-state index contributed by atoms with van der Waals surface area (Å²) in [5.41, 5.74) is 3.17. The molecule has 0 aromatic heterocycles. The molecule has 1 aromatic rings. The first-order valence-electron chi connectivity index (χ1n) is 4.20. The van der Waals surface area contributed by atoms with E-state index >= 15 is 0 Å². The molecule has 2 heteroatoms. The van der Waals surface area contributed by atoms with Gasteiger partial charge in [0.05, 0.1) is 11.6 Å². The highest BCUT2D eigenvalue weighted by Gasteiger charge is 2.11. The number of aryl methyl sites for hydroxylation is 1. The first-order chi connectivity index (χ1) is 6.31. The van der Waals surface area contributed by atoms with Crippen LogP contribution in [0.15, 0.2) is 28.7 Å². The number of benzene rings is 1. The first kappa shape index (κ1) is 8.52. The molecule has 0 aliphatic heterocycles. The van der Waals surface area contributed by atoms with Gasteiger partial charge in [0, 0.05) is 4.47 Å². The molecule has 0 atom stereocenters. The molecule has 0 radical (unpaired) electrons. The second kappa shape index (κ2) is 3.35. The van der Waals surface area contributed by atoms with Crippen LogP contribution in [0.25, 0.3) is 5.57 Å². The molecule has 2 rings (SSSR count). The Morgan fingerprint density at radius 3 is 3.00 bits per heavy atom. The Hall–Kier alpha value is -1.07. The number of hydrogen-bond acceptors (Lipinski definition) is 1. The van der Waals surface area contributed by atoms with Gasteiger partial charge in [-0.3, -0.25) is 0 Å². The maximum atomic E-state index is 8.90. The van der Waals surface area contributed by atoms with E-state index in [0.29, 0.717) is 0 Å². The van der Waals surface area contributed by atoms with Crippen molar-refractivity contribution in [2.24, 2.45) is 0 Å². The average molecular weight is 234 g/mol. The monoisotopic (exact) mass is 233 g/mol. The first-order valence-corrected chi connectivity index (χ1v) is 4.99. The van der Waals surface area contributed by atoms with Crippen molar-refractivity contribution < 1.29 is 0 Å². The predicted molar refractivity (Wildman–Crippen MR) is 56.1 cm³/mol. The number of nitriles is 1. The smallest absolute Gasteiger partial charge is 0.0994 e. The summed E-state index contributed by atoms with van der Waals surface area (Å²) in [6, 6.07) is 8.36. The molecular formula is C11H8BrN. The van der Waals surface area contributed by atoms with Crippen molar-refractivity contribution in [3.63, 3.8) is 0 Å². The molecule has 0 heterocycles. The zero-order chi connectivity index (χ0) is 9.26. The number of nitrogens with zero attached hydrogens (tertiary/aromatic N) is 1. The van der Waals surface area contributed by atoms with Gasteiger partial charge in [0.1, 0.15) is 0 Å². The Kier molecular flexibility index (Phi) is 2.20. The summed E-state index contributed by atoms with van der Waals surface area (Å²) >= 11 is 3.41. The summed E-state index contributed by atoms with van der Waals surface area (Å²) < 4.78 is 1.04. The molecule has 0 unspecified atom stereocenters. The average Bonchev–Trinajstić information content (AvgIpc) is 2.17. The zero-order valence-electron chi connectivity index (χ0n) is 7.05. The highest BCUT2D eigenvalue weighted by Crippen LogP contribution is 2.28. The molecule has 1 aromatic carbocycles. The minimum atomic E-state index is 0.808. The van der Waals surface area contributed by atoms with Crippen molar-refractivity contribution in [3.8, 4) is 6.07 Å². The molecule has 13 heavy (non-hydrogen) atoms. The van der Waals surface area contributed by atoms with E-state index < -0.39 is 0 Å². The molecule has 0 bridgehead atoms. The lowest BCUT2D eigenvalue weighted by Gasteiger charge is -2.12. The fourth-order valence-electron chi connectivity index (χ4n) is 1.61. The summed E-state index contributed by atoms with van der Waals surface area (Å²) in [5, 5.41) is 8.90. The Morgan fingerprint density at radius 2 is 2.23 bits per heavy atom. The molecule has 64 valence electrons. The molecule has 0 saturated heterocycles. The van der Waals surface area contributed by atoms with Gasteiger partial charge in [0.15, 0.2) is 0 Å². The summed E-state index contributed by atoms with van der Waals surface area (Å²) in [7, 11) is 0. The predicted octanol–water partition coefficient (Wildman–Crippen LogP) is 3.30. The van der Waals surface area contributed by atoms with Crippen LogP contribution in [-0.4, -0.2) is 0 Å². The van der Waals surface area contributed by atoms with Gasteiger partial charge in [-0.15, -0.1) is 0 Å². The van der Waals surface area contributed by atoms with Crippen molar-refractivity contribution in [2.75, 3.05) is 0 Å². The lowest BCUT2D eigenvalue weighted by Crippen LogP contribution is -1.98. The van der Waals surface area contributed by atoms with E-state index in [1.807, 2.05) is 18.2 Å². The maximum absolute atomic E-state index is 8.90. The molecule has 0 N–H and O–H groups in total. The third kappa shape index (κ3) is 1.52. The topological polar surface area (TPSA) is 23.8 Å². The third-order valence-corrected chi connectivity index (χ3v) is 2.74. The van der Waals surface area contributed by atoms with Gasteiger partial charge in [0.25, 0.3) is 0 Å². The number of halogens is 1. The van der Waals surface area contributed by atoms with Crippen LogP contribution in [0, 0.1) is 11.3 Å². The van der Waals surface area contributed by atoms with E-state index in [2.05, 4.69) is 28.1 Å². The highest BCUT2D eigenvalue weighted by molar-refractivity contribution is 9.10. The van der Waals surface area contributed by atoms with Crippen LogP contribution >= 0.6 is 15.9 Å². The molecule has 0 amide bonds. The lowest BCUT2D eigenvalue weighted by molar-refractivity contribution is 0.979. The van der Waals surface area contributed by atoms with Gasteiger partial charge < -0.3 is 0 Å². The summed E-state index contributed by atoms with van der Waals surface area (Å²) in [4.78, 5) is 0. The quantitative estimate of drug-likeness (QED) is 0.675. The molecule has 0 spiro atoms. The third-order valence-electron chi connectivity index (χ3n) is 2.24. The highest BCUT2D eigenvalue weighted by atomic mass is 79.9. The van der Waals surface area contributed by atoms with Crippen LogP contribution in [0.2, 0.25) is 0 Å². The number of hydrogen-bond donors (Lipinski definition) is 0. The fourth-order valence-corrected chi connectivity index (χ4v) is 1.97. The van der Waals surface area contributed by atoms with E-state index in [1.54, 1.807) is 0 Å². The Bertz CT molecular complexity index is 413. The largest absolute Gasteiger partial charge is 0.192 e. The molecule has 1 aliphatic carbocycles. The van der Waals surface area contributed by atoms with Gasteiger partial charge in [-0.25, -0.2) is 0 Å². The van der Waals surface area contributed by atoms with Crippen LogP contribution in [0.4, 0.5) is 0 Å². The molecule has 0 fully saturated rings. The van der Waals surface area contributed by atoms with Crippen LogP contribution in [0.5, 0.6) is 0 Å². The standard InChI is InChI=1S/C11H8BrN/c12-10-5-4-8-2-1-3-9(7-13)11(8)6-10/h3-6H,1-2H2.